The van der Waals surface area contributed by atoms with E-state index in [2.05, 4.69) is 4.90 Å². The van der Waals surface area contributed by atoms with E-state index in [-0.39, 0.29) is 23.7 Å². The van der Waals surface area contributed by atoms with E-state index in [0.717, 1.165) is 25.9 Å². The number of piperazine rings is 1. The van der Waals surface area contributed by atoms with Gasteiger partial charge in [-0.1, -0.05) is 12.1 Å². The lowest BCUT2D eigenvalue weighted by Gasteiger charge is -2.38. The molecule has 0 amide bonds. The van der Waals surface area contributed by atoms with Crippen LogP contribution in [0.4, 0.5) is 4.39 Å². The zero-order valence-electron chi connectivity index (χ0n) is 11.5. The standard InChI is InChI=1S/C14H19FN2O2S/c1-16-8-13-5-6-14(9-16)17(13)20(18,19)10-11-3-2-4-12(15)7-11/h2-4,7,13-14H,5-6,8-10H2,1H3. The maximum absolute atomic E-state index is 13.2. The summed E-state index contributed by atoms with van der Waals surface area (Å²) < 4.78 is 40.1. The highest BCUT2D eigenvalue weighted by molar-refractivity contribution is 7.88. The van der Waals surface area contributed by atoms with Crippen molar-refractivity contribution in [2.24, 2.45) is 0 Å². The number of fused-ring (bicyclic) bond motifs is 2. The summed E-state index contributed by atoms with van der Waals surface area (Å²) in [6, 6.07) is 6.01. The molecule has 4 nitrogen and oxygen atoms in total. The molecule has 0 aromatic heterocycles. The SMILES string of the molecule is CN1CC2CCC(C1)N2S(=O)(=O)Cc1cccc(F)c1. The van der Waals surface area contributed by atoms with Crippen LogP contribution in [0.25, 0.3) is 0 Å². The van der Waals surface area contributed by atoms with Crippen molar-refractivity contribution < 1.29 is 12.8 Å². The number of benzene rings is 1. The number of sulfonamides is 1. The van der Waals surface area contributed by atoms with Crippen LogP contribution < -0.4 is 0 Å². The van der Waals surface area contributed by atoms with Crippen molar-refractivity contribution in [1.82, 2.24) is 9.21 Å². The summed E-state index contributed by atoms with van der Waals surface area (Å²) in [6.45, 7) is 1.58. The van der Waals surface area contributed by atoms with E-state index in [1.54, 1.807) is 16.4 Å². The molecule has 2 unspecified atom stereocenters. The Bertz CT molecular complexity index is 591. The fourth-order valence-electron chi connectivity index (χ4n) is 3.44. The predicted molar refractivity (Wildman–Crippen MR) is 75.2 cm³/mol. The monoisotopic (exact) mass is 298 g/mol. The Morgan fingerprint density at radius 2 is 1.90 bits per heavy atom. The average molecular weight is 298 g/mol. The number of halogens is 1. The van der Waals surface area contributed by atoms with Gasteiger partial charge in [-0.15, -0.1) is 0 Å². The molecule has 2 heterocycles. The van der Waals surface area contributed by atoms with E-state index in [1.807, 2.05) is 7.05 Å². The normalized spacial score (nSPS) is 27.9. The van der Waals surface area contributed by atoms with Crippen molar-refractivity contribution in [3.63, 3.8) is 0 Å². The van der Waals surface area contributed by atoms with Gasteiger partial charge >= 0.3 is 0 Å². The van der Waals surface area contributed by atoms with Gasteiger partial charge in [0.1, 0.15) is 5.82 Å². The van der Waals surface area contributed by atoms with Gasteiger partial charge in [0.15, 0.2) is 0 Å². The van der Waals surface area contributed by atoms with Crippen molar-refractivity contribution >= 4 is 10.0 Å². The molecular formula is C14H19FN2O2S. The van der Waals surface area contributed by atoms with Crippen LogP contribution in [0.15, 0.2) is 24.3 Å². The number of rotatable bonds is 3. The van der Waals surface area contributed by atoms with Gasteiger partial charge in [-0.3, -0.25) is 0 Å². The molecule has 2 fully saturated rings. The first kappa shape index (κ1) is 14.0. The van der Waals surface area contributed by atoms with E-state index < -0.39 is 10.0 Å². The summed E-state index contributed by atoms with van der Waals surface area (Å²) in [5.41, 5.74) is 0.517. The zero-order valence-corrected chi connectivity index (χ0v) is 12.3. The minimum atomic E-state index is -3.37. The number of hydrogen-bond acceptors (Lipinski definition) is 3. The second-order valence-electron chi connectivity index (χ2n) is 5.82. The maximum Gasteiger partial charge on any atom is 0.218 e. The Morgan fingerprint density at radius 1 is 1.25 bits per heavy atom. The van der Waals surface area contributed by atoms with Gasteiger partial charge in [-0.25, -0.2) is 12.8 Å². The van der Waals surface area contributed by atoms with E-state index >= 15 is 0 Å². The molecule has 6 heteroatoms. The third-order valence-electron chi connectivity index (χ3n) is 4.16. The molecule has 2 aliphatic heterocycles. The van der Waals surface area contributed by atoms with Gasteiger partial charge in [-0.05, 0) is 37.6 Å². The zero-order chi connectivity index (χ0) is 14.3. The molecule has 1 aromatic carbocycles. The first-order valence-electron chi connectivity index (χ1n) is 6.90. The maximum atomic E-state index is 13.2. The number of likely N-dealkylation sites (tertiary alicyclic amines) is 1. The minimum Gasteiger partial charge on any atom is -0.303 e. The Kier molecular flexibility index (Phi) is 3.56. The van der Waals surface area contributed by atoms with Crippen LogP contribution in [0.3, 0.4) is 0 Å². The quantitative estimate of drug-likeness (QED) is 0.848. The highest BCUT2D eigenvalue weighted by atomic mass is 32.2. The molecule has 1 aromatic rings. The van der Waals surface area contributed by atoms with Crippen LogP contribution in [0.2, 0.25) is 0 Å². The van der Waals surface area contributed by atoms with Gasteiger partial charge in [0.25, 0.3) is 0 Å². The first-order valence-corrected chi connectivity index (χ1v) is 8.51. The molecule has 0 aliphatic carbocycles. The van der Waals surface area contributed by atoms with Crippen LogP contribution in [-0.4, -0.2) is 49.8 Å². The molecule has 2 saturated heterocycles. The molecule has 3 rings (SSSR count). The molecule has 0 radical (unpaired) electrons. The molecule has 0 N–H and O–H groups in total. The fourth-order valence-corrected chi connectivity index (χ4v) is 5.44. The Balaban J connectivity index is 1.82. The number of likely N-dealkylation sites (N-methyl/N-ethyl adjacent to an activating group) is 1. The second kappa shape index (κ2) is 5.09. The molecule has 0 saturated carbocycles. The van der Waals surface area contributed by atoms with E-state index in [0.29, 0.717) is 5.56 Å². The lowest BCUT2D eigenvalue weighted by molar-refractivity contribution is 0.154. The number of hydrogen-bond donors (Lipinski definition) is 0. The summed E-state index contributed by atoms with van der Waals surface area (Å²) >= 11 is 0. The van der Waals surface area contributed by atoms with Gasteiger partial charge in [0.2, 0.25) is 10.0 Å². The van der Waals surface area contributed by atoms with Crippen molar-refractivity contribution in [2.75, 3.05) is 20.1 Å². The topological polar surface area (TPSA) is 40.6 Å². The first-order chi connectivity index (χ1) is 9.45. The fraction of sp³-hybridized carbons (Fsp3) is 0.571. The summed E-state index contributed by atoms with van der Waals surface area (Å²) in [4.78, 5) is 2.19. The Labute approximate surface area is 119 Å². The molecule has 2 atom stereocenters. The van der Waals surface area contributed by atoms with Crippen LogP contribution >= 0.6 is 0 Å². The highest BCUT2D eigenvalue weighted by Gasteiger charge is 2.45. The highest BCUT2D eigenvalue weighted by Crippen LogP contribution is 2.33. The van der Waals surface area contributed by atoms with E-state index in [9.17, 15) is 12.8 Å². The summed E-state index contributed by atoms with van der Waals surface area (Å²) in [7, 11) is -1.34. The number of nitrogens with zero attached hydrogens (tertiary/aromatic N) is 2. The van der Waals surface area contributed by atoms with Crippen molar-refractivity contribution in [2.45, 2.75) is 30.7 Å². The molecule has 110 valence electrons. The Morgan fingerprint density at radius 3 is 2.50 bits per heavy atom. The van der Waals surface area contributed by atoms with Crippen molar-refractivity contribution in [1.29, 1.82) is 0 Å². The van der Waals surface area contributed by atoms with Gasteiger partial charge < -0.3 is 4.90 Å². The van der Waals surface area contributed by atoms with E-state index in [4.69, 9.17) is 0 Å². The largest absolute Gasteiger partial charge is 0.303 e. The predicted octanol–water partition coefficient (Wildman–Crippen LogP) is 1.43. The lowest BCUT2D eigenvalue weighted by Crippen LogP contribution is -2.54. The molecular weight excluding hydrogens is 279 g/mol. The van der Waals surface area contributed by atoms with E-state index in [1.165, 1.54) is 12.1 Å². The molecule has 0 spiro atoms. The van der Waals surface area contributed by atoms with Crippen LogP contribution in [0.5, 0.6) is 0 Å². The Hall–Kier alpha value is -0.980. The second-order valence-corrected chi connectivity index (χ2v) is 7.70. The smallest absolute Gasteiger partial charge is 0.218 e. The average Bonchev–Trinajstić information content (AvgIpc) is 2.63. The molecule has 2 bridgehead atoms. The van der Waals surface area contributed by atoms with Crippen LogP contribution in [-0.2, 0) is 15.8 Å². The third kappa shape index (κ3) is 2.60. The third-order valence-corrected chi connectivity index (χ3v) is 6.09. The lowest BCUT2D eigenvalue weighted by atomic mass is 10.2. The summed E-state index contributed by atoms with van der Waals surface area (Å²) in [5.74, 6) is -0.499. The van der Waals surface area contributed by atoms with Gasteiger partial charge in [0, 0.05) is 25.2 Å². The summed E-state index contributed by atoms with van der Waals surface area (Å²) in [5, 5.41) is 0. The minimum absolute atomic E-state index is 0.0808. The molecule has 20 heavy (non-hydrogen) atoms. The van der Waals surface area contributed by atoms with Crippen molar-refractivity contribution in [3.05, 3.63) is 35.6 Å². The van der Waals surface area contributed by atoms with Gasteiger partial charge in [-0.2, -0.15) is 4.31 Å². The van der Waals surface area contributed by atoms with Crippen LogP contribution in [0, 0.1) is 5.82 Å². The van der Waals surface area contributed by atoms with Crippen LogP contribution in [0.1, 0.15) is 18.4 Å². The van der Waals surface area contributed by atoms with Gasteiger partial charge in [0.05, 0.1) is 5.75 Å². The summed E-state index contributed by atoms with van der Waals surface area (Å²) in [6.07, 6.45) is 1.86. The molecule has 2 aliphatic rings. The van der Waals surface area contributed by atoms with Crippen molar-refractivity contribution in [3.8, 4) is 0 Å².